The van der Waals surface area contributed by atoms with Gasteiger partial charge >= 0.3 is 5.69 Å². The highest BCUT2D eigenvalue weighted by atomic mass is 32.1. The van der Waals surface area contributed by atoms with Crippen LogP contribution in [0.2, 0.25) is 0 Å². The quantitative estimate of drug-likeness (QED) is 0.712. The monoisotopic (exact) mass is 418 g/mol. The van der Waals surface area contributed by atoms with Crippen LogP contribution in [-0.2, 0) is 29.0 Å². The zero-order valence-electron chi connectivity index (χ0n) is 18.0. The molecule has 0 unspecified atom stereocenters. The van der Waals surface area contributed by atoms with Crippen LogP contribution in [0.1, 0.15) is 63.9 Å². The van der Waals surface area contributed by atoms with Gasteiger partial charge in [0.2, 0.25) is 0 Å². The van der Waals surface area contributed by atoms with Gasteiger partial charge in [-0.3, -0.25) is 13.9 Å². The highest BCUT2D eigenvalue weighted by Crippen LogP contribution is 2.38. The fourth-order valence-corrected chi connectivity index (χ4v) is 5.74. The summed E-state index contributed by atoms with van der Waals surface area (Å²) < 4.78 is 15.0. The van der Waals surface area contributed by atoms with Crippen LogP contribution in [0, 0.1) is 0 Å². The molecule has 6 nitrogen and oxygen atoms in total. The van der Waals surface area contributed by atoms with Gasteiger partial charge in [-0.25, -0.2) is 4.79 Å². The van der Waals surface area contributed by atoms with Crippen molar-refractivity contribution < 1.29 is 9.47 Å². The number of thiophene rings is 1. The first-order chi connectivity index (χ1) is 13.5. The van der Waals surface area contributed by atoms with E-state index in [1.54, 1.807) is 4.57 Å². The third-order valence-corrected chi connectivity index (χ3v) is 7.08. The van der Waals surface area contributed by atoms with Crippen LogP contribution in [0.15, 0.2) is 21.7 Å². The Morgan fingerprint density at radius 2 is 1.93 bits per heavy atom. The summed E-state index contributed by atoms with van der Waals surface area (Å²) in [5.74, 6) is 0. The van der Waals surface area contributed by atoms with Gasteiger partial charge in [-0.15, -0.1) is 11.3 Å². The third kappa shape index (κ3) is 3.64. The zero-order chi connectivity index (χ0) is 21.1. The van der Waals surface area contributed by atoms with E-state index in [-0.39, 0.29) is 28.5 Å². The van der Waals surface area contributed by atoms with Crippen LogP contribution >= 0.6 is 11.3 Å². The van der Waals surface area contributed by atoms with Gasteiger partial charge in [0, 0.05) is 30.5 Å². The lowest BCUT2D eigenvalue weighted by molar-refractivity contribution is -0.0702. The van der Waals surface area contributed by atoms with Gasteiger partial charge in [0.15, 0.2) is 0 Å². The molecule has 4 rings (SSSR count). The van der Waals surface area contributed by atoms with E-state index in [0.717, 1.165) is 20.8 Å². The lowest BCUT2D eigenvalue weighted by Crippen LogP contribution is -2.46. The van der Waals surface area contributed by atoms with Gasteiger partial charge in [0.05, 0.1) is 23.2 Å². The minimum atomic E-state index is -0.354. The lowest BCUT2D eigenvalue weighted by Gasteiger charge is -2.36. The van der Waals surface area contributed by atoms with E-state index in [2.05, 4.69) is 6.58 Å². The molecule has 0 amide bonds. The van der Waals surface area contributed by atoms with Crippen molar-refractivity contribution in [3.8, 4) is 0 Å². The summed E-state index contributed by atoms with van der Waals surface area (Å²) in [4.78, 5) is 29.0. The molecule has 2 aromatic rings. The molecule has 1 atom stereocenters. The third-order valence-electron chi connectivity index (χ3n) is 5.85. The Morgan fingerprint density at radius 3 is 2.59 bits per heavy atom. The Labute approximate surface area is 174 Å². The number of hydrogen-bond acceptors (Lipinski definition) is 5. The SMILES string of the molecule is C=C(C)Cn1c(=O)n([C@H]2CCOC(C)(C)C2)c(=O)c2c3c(sc21)COC(C)(C)C3. The summed E-state index contributed by atoms with van der Waals surface area (Å²) >= 11 is 1.51. The van der Waals surface area contributed by atoms with E-state index in [4.69, 9.17) is 9.47 Å². The second-order valence-corrected chi connectivity index (χ2v) is 10.7. The second kappa shape index (κ2) is 6.93. The van der Waals surface area contributed by atoms with E-state index >= 15 is 0 Å². The molecule has 158 valence electrons. The molecule has 4 heterocycles. The maximum absolute atomic E-state index is 13.7. The molecule has 7 heteroatoms. The Hall–Kier alpha value is -1.70. The number of fused-ring (bicyclic) bond motifs is 3. The molecule has 0 bridgehead atoms. The summed E-state index contributed by atoms with van der Waals surface area (Å²) in [5, 5.41) is 0.687. The number of nitrogens with zero attached hydrogens (tertiary/aromatic N) is 2. The number of rotatable bonds is 3. The van der Waals surface area contributed by atoms with Crippen molar-refractivity contribution in [1.82, 2.24) is 9.13 Å². The van der Waals surface area contributed by atoms with E-state index in [0.29, 0.717) is 44.4 Å². The minimum Gasteiger partial charge on any atom is -0.375 e. The average Bonchev–Trinajstić information content (AvgIpc) is 2.95. The van der Waals surface area contributed by atoms with Crippen molar-refractivity contribution in [2.75, 3.05) is 6.61 Å². The molecule has 1 fully saturated rings. The van der Waals surface area contributed by atoms with Gasteiger partial charge in [-0.2, -0.15) is 0 Å². The average molecular weight is 419 g/mol. The van der Waals surface area contributed by atoms with Gasteiger partial charge in [0.1, 0.15) is 4.83 Å². The molecule has 0 radical (unpaired) electrons. The number of hydrogen-bond donors (Lipinski definition) is 0. The Bertz CT molecular complexity index is 1100. The van der Waals surface area contributed by atoms with Gasteiger partial charge < -0.3 is 9.47 Å². The highest BCUT2D eigenvalue weighted by molar-refractivity contribution is 7.18. The largest absolute Gasteiger partial charge is 0.375 e. The van der Waals surface area contributed by atoms with E-state index in [1.807, 2.05) is 34.6 Å². The minimum absolute atomic E-state index is 0.164. The summed E-state index contributed by atoms with van der Waals surface area (Å²) in [7, 11) is 0. The molecule has 0 saturated carbocycles. The summed E-state index contributed by atoms with van der Waals surface area (Å²) in [6.45, 7) is 15.5. The van der Waals surface area contributed by atoms with Crippen molar-refractivity contribution in [1.29, 1.82) is 0 Å². The summed E-state index contributed by atoms with van der Waals surface area (Å²) in [5.41, 5.74) is 0.838. The number of aromatic nitrogens is 2. The molecular weight excluding hydrogens is 388 g/mol. The molecular formula is C22H30N2O4S. The topological polar surface area (TPSA) is 62.5 Å². The molecule has 29 heavy (non-hydrogen) atoms. The maximum atomic E-state index is 13.7. The molecule has 0 aromatic carbocycles. The second-order valence-electron chi connectivity index (χ2n) is 9.66. The van der Waals surface area contributed by atoms with E-state index < -0.39 is 0 Å². The first kappa shape index (κ1) is 20.6. The highest BCUT2D eigenvalue weighted by Gasteiger charge is 2.35. The van der Waals surface area contributed by atoms with Gasteiger partial charge in [0.25, 0.3) is 5.56 Å². The fourth-order valence-electron chi connectivity index (χ4n) is 4.53. The zero-order valence-corrected chi connectivity index (χ0v) is 18.8. The Morgan fingerprint density at radius 1 is 1.21 bits per heavy atom. The molecule has 0 spiro atoms. The van der Waals surface area contributed by atoms with Crippen LogP contribution in [0.3, 0.4) is 0 Å². The first-order valence-electron chi connectivity index (χ1n) is 10.2. The number of allylic oxidation sites excluding steroid dienone is 1. The normalized spacial score (nSPS) is 23.1. The van der Waals surface area contributed by atoms with Crippen LogP contribution in [0.4, 0.5) is 0 Å². The standard InChI is InChI=1S/C22H30N2O4S/c1-13(2)11-23-19-17(15-10-22(5,6)28-12-16(15)29-19)18(25)24(20(23)26)14-7-8-27-21(3,4)9-14/h14H,1,7-12H2,2-6H3/t14-/m0/s1. The van der Waals surface area contributed by atoms with Gasteiger partial charge in [-0.1, -0.05) is 12.2 Å². The lowest BCUT2D eigenvalue weighted by atomic mass is 9.93. The van der Waals surface area contributed by atoms with Crippen molar-refractivity contribution in [2.24, 2.45) is 0 Å². The van der Waals surface area contributed by atoms with Crippen LogP contribution in [-0.4, -0.2) is 26.9 Å². The Kier molecular flexibility index (Phi) is 4.91. The van der Waals surface area contributed by atoms with Crippen LogP contribution in [0.5, 0.6) is 0 Å². The number of ether oxygens (including phenoxy) is 2. The molecule has 2 aliphatic heterocycles. The van der Waals surface area contributed by atoms with E-state index in [1.165, 1.54) is 15.9 Å². The fraction of sp³-hybridized carbons (Fsp3) is 0.636. The van der Waals surface area contributed by atoms with Crippen molar-refractivity contribution in [2.45, 2.75) is 84.3 Å². The van der Waals surface area contributed by atoms with Crippen molar-refractivity contribution >= 4 is 21.6 Å². The molecule has 2 aliphatic rings. The van der Waals surface area contributed by atoms with Crippen LogP contribution in [0.25, 0.3) is 10.2 Å². The van der Waals surface area contributed by atoms with Crippen molar-refractivity contribution in [3.05, 3.63) is 43.4 Å². The summed E-state index contributed by atoms with van der Waals surface area (Å²) in [6.07, 6.45) is 1.97. The van der Waals surface area contributed by atoms with Gasteiger partial charge in [-0.05, 0) is 53.0 Å². The first-order valence-corrected chi connectivity index (χ1v) is 11.0. The predicted octanol–water partition coefficient (Wildman–Crippen LogP) is 3.78. The molecule has 0 aliphatic carbocycles. The summed E-state index contributed by atoms with van der Waals surface area (Å²) in [6, 6.07) is -0.164. The molecule has 0 N–H and O–H groups in total. The smallest absolute Gasteiger partial charge is 0.332 e. The molecule has 2 aromatic heterocycles. The van der Waals surface area contributed by atoms with Crippen LogP contribution < -0.4 is 11.2 Å². The Balaban J connectivity index is 2.00. The molecule has 1 saturated heterocycles. The van der Waals surface area contributed by atoms with Crippen molar-refractivity contribution in [3.63, 3.8) is 0 Å². The van der Waals surface area contributed by atoms with E-state index in [9.17, 15) is 9.59 Å². The predicted molar refractivity (Wildman–Crippen MR) is 116 cm³/mol. The maximum Gasteiger partial charge on any atom is 0.332 e.